The first kappa shape index (κ1) is 17.8. The van der Waals surface area contributed by atoms with E-state index in [0.717, 1.165) is 0 Å². The van der Waals surface area contributed by atoms with E-state index in [-0.39, 0.29) is 17.4 Å². The molecule has 3 N–H and O–H groups in total. The number of amides is 3. The Balaban J connectivity index is 1.98. The first-order valence-corrected chi connectivity index (χ1v) is 7.85. The molecule has 130 valence electrons. The lowest BCUT2D eigenvalue weighted by atomic mass is 10.1. The zero-order valence-electron chi connectivity index (χ0n) is 14.2. The Labute approximate surface area is 141 Å². The lowest BCUT2D eigenvalue weighted by Gasteiger charge is -2.24. The molecule has 1 aliphatic heterocycles. The van der Waals surface area contributed by atoms with E-state index in [4.69, 9.17) is 10.5 Å². The van der Waals surface area contributed by atoms with E-state index in [9.17, 15) is 14.4 Å². The van der Waals surface area contributed by atoms with Gasteiger partial charge in [-0.25, -0.2) is 4.79 Å². The molecule has 1 fully saturated rings. The molecule has 0 aromatic heterocycles. The third-order valence-electron chi connectivity index (χ3n) is 3.66. The van der Waals surface area contributed by atoms with Crippen LogP contribution in [0.25, 0.3) is 0 Å². The van der Waals surface area contributed by atoms with Crippen molar-refractivity contribution in [2.24, 2.45) is 11.7 Å². The monoisotopic (exact) mass is 333 g/mol. The van der Waals surface area contributed by atoms with E-state index in [1.807, 2.05) is 0 Å². The molecule has 1 aromatic rings. The fourth-order valence-electron chi connectivity index (χ4n) is 2.51. The number of anilines is 1. The van der Waals surface area contributed by atoms with Gasteiger partial charge in [0.15, 0.2) is 0 Å². The van der Waals surface area contributed by atoms with Crippen molar-refractivity contribution in [3.05, 3.63) is 29.8 Å². The summed E-state index contributed by atoms with van der Waals surface area (Å²) in [6.45, 7) is 6.15. The average Bonchev–Trinajstić information content (AvgIpc) is 2.95. The SMILES string of the molecule is CC(C)(C)OC(=O)N1CC[C@H](C(=O)Nc2ccccc2C(N)=O)C1. The molecule has 1 aliphatic rings. The number of carbonyl (C=O) groups is 3. The number of hydrogen-bond donors (Lipinski definition) is 2. The van der Waals surface area contributed by atoms with Gasteiger partial charge in [-0.15, -0.1) is 0 Å². The summed E-state index contributed by atoms with van der Waals surface area (Å²) in [6.07, 6.45) is 0.124. The van der Waals surface area contributed by atoms with E-state index in [0.29, 0.717) is 25.2 Å². The molecule has 0 saturated carbocycles. The standard InChI is InChI=1S/C17H23N3O4/c1-17(2,3)24-16(23)20-9-8-11(10-20)15(22)19-13-7-5-4-6-12(13)14(18)21/h4-7,11H,8-10H2,1-3H3,(H2,18,21)(H,19,22)/t11-/m0/s1. The zero-order chi connectivity index (χ0) is 17.9. The number of rotatable bonds is 3. The molecule has 0 aliphatic carbocycles. The van der Waals surface area contributed by atoms with Crippen molar-refractivity contribution in [1.82, 2.24) is 4.90 Å². The van der Waals surface area contributed by atoms with E-state index < -0.39 is 17.6 Å². The summed E-state index contributed by atoms with van der Waals surface area (Å²) in [4.78, 5) is 37.4. The molecule has 7 nitrogen and oxygen atoms in total. The number of likely N-dealkylation sites (tertiary alicyclic amines) is 1. The first-order valence-electron chi connectivity index (χ1n) is 7.85. The van der Waals surface area contributed by atoms with Crippen molar-refractivity contribution < 1.29 is 19.1 Å². The molecule has 2 rings (SSSR count). The van der Waals surface area contributed by atoms with Gasteiger partial charge in [0.25, 0.3) is 5.91 Å². The van der Waals surface area contributed by atoms with E-state index in [1.165, 1.54) is 4.90 Å². The number of primary amides is 1. The molecule has 0 spiro atoms. The minimum atomic E-state index is -0.604. The van der Waals surface area contributed by atoms with Crippen molar-refractivity contribution in [3.8, 4) is 0 Å². The van der Waals surface area contributed by atoms with Crippen LogP contribution in [0.5, 0.6) is 0 Å². The highest BCUT2D eigenvalue weighted by Gasteiger charge is 2.33. The van der Waals surface area contributed by atoms with Gasteiger partial charge in [-0.1, -0.05) is 12.1 Å². The van der Waals surface area contributed by atoms with Crippen LogP contribution in [0.2, 0.25) is 0 Å². The molecule has 0 radical (unpaired) electrons. The van der Waals surface area contributed by atoms with Crippen LogP contribution in [-0.2, 0) is 9.53 Å². The second-order valence-corrected chi connectivity index (χ2v) is 6.81. The topological polar surface area (TPSA) is 102 Å². The predicted octanol–water partition coefficient (Wildman–Crippen LogP) is 1.98. The molecule has 3 amide bonds. The summed E-state index contributed by atoms with van der Waals surface area (Å²) in [5.41, 5.74) is 5.37. The number of nitrogens with one attached hydrogen (secondary N) is 1. The summed E-state index contributed by atoms with van der Waals surface area (Å²) in [6, 6.07) is 6.57. The number of carbonyl (C=O) groups excluding carboxylic acids is 3. The minimum absolute atomic E-state index is 0.241. The van der Waals surface area contributed by atoms with Gasteiger partial charge >= 0.3 is 6.09 Å². The smallest absolute Gasteiger partial charge is 0.410 e. The predicted molar refractivity (Wildman–Crippen MR) is 89.5 cm³/mol. The van der Waals surface area contributed by atoms with Gasteiger partial charge in [0.2, 0.25) is 5.91 Å². The van der Waals surface area contributed by atoms with Crippen LogP contribution in [0.1, 0.15) is 37.6 Å². The molecular weight excluding hydrogens is 310 g/mol. The van der Waals surface area contributed by atoms with E-state index in [1.54, 1.807) is 45.0 Å². The Morgan fingerprint density at radius 1 is 1.25 bits per heavy atom. The normalized spacial score (nSPS) is 17.5. The van der Waals surface area contributed by atoms with Crippen molar-refractivity contribution in [1.29, 1.82) is 0 Å². The molecular formula is C17H23N3O4. The highest BCUT2D eigenvalue weighted by atomic mass is 16.6. The summed E-state index contributed by atoms with van der Waals surface area (Å²) in [7, 11) is 0. The zero-order valence-corrected chi connectivity index (χ0v) is 14.2. The van der Waals surface area contributed by atoms with Crippen molar-refractivity contribution in [2.75, 3.05) is 18.4 Å². The van der Waals surface area contributed by atoms with Gasteiger partial charge in [0, 0.05) is 13.1 Å². The van der Waals surface area contributed by atoms with Crippen molar-refractivity contribution in [3.63, 3.8) is 0 Å². The number of nitrogens with zero attached hydrogens (tertiary/aromatic N) is 1. The molecule has 1 saturated heterocycles. The van der Waals surface area contributed by atoms with Crippen molar-refractivity contribution in [2.45, 2.75) is 32.8 Å². The summed E-state index contributed by atoms with van der Waals surface area (Å²) < 4.78 is 5.31. The van der Waals surface area contributed by atoms with Crippen LogP contribution in [0.4, 0.5) is 10.5 Å². The average molecular weight is 333 g/mol. The highest BCUT2D eigenvalue weighted by Crippen LogP contribution is 2.22. The molecule has 1 aromatic carbocycles. The second-order valence-electron chi connectivity index (χ2n) is 6.81. The molecule has 1 atom stereocenters. The Morgan fingerprint density at radius 2 is 1.92 bits per heavy atom. The summed E-state index contributed by atoms with van der Waals surface area (Å²) >= 11 is 0. The van der Waals surface area contributed by atoms with Crippen LogP contribution in [0, 0.1) is 5.92 Å². The minimum Gasteiger partial charge on any atom is -0.444 e. The van der Waals surface area contributed by atoms with Crippen molar-refractivity contribution >= 4 is 23.6 Å². The van der Waals surface area contributed by atoms with Gasteiger partial charge in [-0.05, 0) is 39.3 Å². The van der Waals surface area contributed by atoms with Crippen LogP contribution in [-0.4, -0.2) is 41.5 Å². The summed E-state index contributed by atoms with van der Waals surface area (Å²) in [5.74, 6) is -1.19. The number of para-hydroxylation sites is 1. The van der Waals surface area contributed by atoms with E-state index in [2.05, 4.69) is 5.32 Å². The second kappa shape index (κ2) is 6.90. The number of nitrogens with two attached hydrogens (primary N) is 1. The highest BCUT2D eigenvalue weighted by molar-refractivity contribution is 6.03. The van der Waals surface area contributed by atoms with Crippen LogP contribution in [0.15, 0.2) is 24.3 Å². The van der Waals surface area contributed by atoms with Crippen LogP contribution < -0.4 is 11.1 Å². The number of ether oxygens (including phenoxy) is 1. The molecule has 0 unspecified atom stereocenters. The largest absolute Gasteiger partial charge is 0.444 e. The first-order chi connectivity index (χ1) is 11.2. The fraction of sp³-hybridized carbons (Fsp3) is 0.471. The van der Waals surface area contributed by atoms with Gasteiger partial charge in [0.05, 0.1) is 17.2 Å². The molecule has 0 bridgehead atoms. The van der Waals surface area contributed by atoms with Gasteiger partial charge in [0.1, 0.15) is 5.60 Å². The lowest BCUT2D eigenvalue weighted by molar-refractivity contribution is -0.119. The Bertz CT molecular complexity index is 651. The van der Waals surface area contributed by atoms with Gasteiger partial charge < -0.3 is 20.7 Å². The molecule has 24 heavy (non-hydrogen) atoms. The maximum Gasteiger partial charge on any atom is 0.410 e. The van der Waals surface area contributed by atoms with Crippen LogP contribution in [0.3, 0.4) is 0 Å². The third kappa shape index (κ3) is 4.47. The van der Waals surface area contributed by atoms with Gasteiger partial charge in [-0.2, -0.15) is 0 Å². The Hall–Kier alpha value is -2.57. The van der Waals surface area contributed by atoms with Gasteiger partial charge in [-0.3, -0.25) is 9.59 Å². The third-order valence-corrected chi connectivity index (χ3v) is 3.66. The van der Waals surface area contributed by atoms with E-state index >= 15 is 0 Å². The number of benzene rings is 1. The Morgan fingerprint density at radius 3 is 2.54 bits per heavy atom. The maximum absolute atomic E-state index is 12.4. The molecule has 1 heterocycles. The van der Waals surface area contributed by atoms with Crippen LogP contribution >= 0.6 is 0 Å². The maximum atomic E-state index is 12.4. The summed E-state index contributed by atoms with van der Waals surface area (Å²) in [5, 5.41) is 2.72. The Kier molecular flexibility index (Phi) is 5.11. The quantitative estimate of drug-likeness (QED) is 0.883. The fourth-order valence-corrected chi connectivity index (χ4v) is 2.51. The number of hydrogen-bond acceptors (Lipinski definition) is 4. The lowest BCUT2D eigenvalue weighted by Crippen LogP contribution is -2.36. The molecule has 7 heteroatoms.